The summed E-state index contributed by atoms with van der Waals surface area (Å²) in [5.41, 5.74) is 1.42. The van der Waals surface area contributed by atoms with Crippen molar-refractivity contribution in [2.75, 3.05) is 12.1 Å². The minimum Gasteiger partial charge on any atom is -0.461 e. The molecule has 0 bridgehead atoms. The summed E-state index contributed by atoms with van der Waals surface area (Å²) < 4.78 is 17.7. The molecule has 0 radical (unpaired) electrons. The van der Waals surface area contributed by atoms with Gasteiger partial charge in [0.05, 0.1) is 6.26 Å². The molecule has 0 amide bonds. The molecule has 118 valence electrons. The van der Waals surface area contributed by atoms with Gasteiger partial charge < -0.3 is 19.2 Å². The molecule has 8 heteroatoms. The van der Waals surface area contributed by atoms with Gasteiger partial charge in [0.25, 0.3) is 0 Å². The molecule has 0 spiro atoms. The van der Waals surface area contributed by atoms with Gasteiger partial charge in [0.2, 0.25) is 12.6 Å². The van der Waals surface area contributed by atoms with Crippen molar-refractivity contribution in [1.82, 2.24) is 19.6 Å². The fourth-order valence-electron chi connectivity index (χ4n) is 2.53. The predicted octanol–water partition coefficient (Wildman–Crippen LogP) is 2.86. The average molecular weight is 321 g/mol. The third-order valence-corrected chi connectivity index (χ3v) is 3.63. The standard InChI is InChI=1S/C16H11N5O3/c1-2-12(22-7-1)14-19-16-15(17-5-6-21(16)20-14)18-10-3-4-11-13(8-10)24-9-23-11/h1-8H,9H2,(H,17,18). The molecule has 8 nitrogen and oxygen atoms in total. The third kappa shape index (κ3) is 2.04. The Hall–Kier alpha value is -3.55. The minimum atomic E-state index is 0.239. The van der Waals surface area contributed by atoms with Crippen molar-refractivity contribution in [2.24, 2.45) is 0 Å². The number of benzene rings is 1. The van der Waals surface area contributed by atoms with Gasteiger partial charge in [-0.2, -0.15) is 0 Å². The molecule has 3 aromatic heterocycles. The van der Waals surface area contributed by atoms with Crippen LogP contribution in [0.2, 0.25) is 0 Å². The van der Waals surface area contributed by atoms with E-state index in [0.717, 1.165) is 11.4 Å². The average Bonchev–Trinajstić information content (AvgIpc) is 3.34. The SMILES string of the molecule is c1coc(-c2nc3c(Nc4ccc5c(c4)OCO5)nccn3n2)c1. The summed E-state index contributed by atoms with van der Waals surface area (Å²) in [4.78, 5) is 8.85. The van der Waals surface area contributed by atoms with Crippen molar-refractivity contribution in [3.8, 4) is 23.1 Å². The van der Waals surface area contributed by atoms with Crippen molar-refractivity contribution in [2.45, 2.75) is 0 Å². The van der Waals surface area contributed by atoms with Gasteiger partial charge in [-0.1, -0.05) is 0 Å². The number of nitrogens with one attached hydrogen (secondary N) is 1. The maximum atomic E-state index is 5.39. The Morgan fingerprint density at radius 2 is 2.08 bits per heavy atom. The van der Waals surface area contributed by atoms with E-state index in [1.807, 2.05) is 24.3 Å². The molecule has 0 aliphatic carbocycles. The molecular weight excluding hydrogens is 310 g/mol. The summed E-state index contributed by atoms with van der Waals surface area (Å²) in [5, 5.41) is 7.64. The summed E-state index contributed by atoms with van der Waals surface area (Å²) in [6.07, 6.45) is 4.98. The van der Waals surface area contributed by atoms with E-state index < -0.39 is 0 Å². The number of aromatic nitrogens is 4. The highest BCUT2D eigenvalue weighted by atomic mass is 16.7. The minimum absolute atomic E-state index is 0.239. The van der Waals surface area contributed by atoms with Crippen LogP contribution < -0.4 is 14.8 Å². The Bertz CT molecular complexity index is 1030. The van der Waals surface area contributed by atoms with Crippen LogP contribution in [0.3, 0.4) is 0 Å². The summed E-state index contributed by atoms with van der Waals surface area (Å²) in [6, 6.07) is 9.21. The lowest BCUT2D eigenvalue weighted by Gasteiger charge is -2.06. The largest absolute Gasteiger partial charge is 0.461 e. The number of anilines is 2. The quantitative estimate of drug-likeness (QED) is 0.621. The highest BCUT2D eigenvalue weighted by Crippen LogP contribution is 2.35. The van der Waals surface area contributed by atoms with Gasteiger partial charge in [-0.05, 0) is 24.3 Å². The van der Waals surface area contributed by atoms with Crippen LogP contribution in [0, 0.1) is 0 Å². The molecule has 1 aliphatic heterocycles. The van der Waals surface area contributed by atoms with Crippen LogP contribution in [0.1, 0.15) is 0 Å². The zero-order valence-electron chi connectivity index (χ0n) is 12.3. The highest BCUT2D eigenvalue weighted by Gasteiger charge is 2.15. The van der Waals surface area contributed by atoms with Crippen molar-refractivity contribution in [3.63, 3.8) is 0 Å². The van der Waals surface area contributed by atoms with Gasteiger partial charge in [-0.25, -0.2) is 14.5 Å². The molecule has 4 heterocycles. The topological polar surface area (TPSA) is 86.7 Å². The summed E-state index contributed by atoms with van der Waals surface area (Å²) in [6.45, 7) is 0.239. The van der Waals surface area contributed by atoms with Gasteiger partial charge >= 0.3 is 0 Å². The maximum Gasteiger partial charge on any atom is 0.231 e. The van der Waals surface area contributed by atoms with Crippen LogP contribution in [0.5, 0.6) is 11.5 Å². The number of hydrogen-bond donors (Lipinski definition) is 1. The summed E-state index contributed by atoms with van der Waals surface area (Å²) in [5.74, 6) is 3.12. The normalized spacial score (nSPS) is 12.7. The van der Waals surface area contributed by atoms with E-state index in [4.69, 9.17) is 13.9 Å². The van der Waals surface area contributed by atoms with Gasteiger partial charge in [0, 0.05) is 24.1 Å². The van der Waals surface area contributed by atoms with Crippen LogP contribution in [0.25, 0.3) is 17.2 Å². The van der Waals surface area contributed by atoms with Crippen molar-refractivity contribution >= 4 is 17.2 Å². The second-order valence-corrected chi connectivity index (χ2v) is 5.15. The fraction of sp³-hybridized carbons (Fsp3) is 0.0625. The molecule has 0 fully saturated rings. The van der Waals surface area contributed by atoms with Crippen molar-refractivity contribution in [1.29, 1.82) is 0 Å². The van der Waals surface area contributed by atoms with E-state index in [1.54, 1.807) is 29.2 Å². The molecule has 24 heavy (non-hydrogen) atoms. The van der Waals surface area contributed by atoms with Gasteiger partial charge in [0.1, 0.15) is 0 Å². The van der Waals surface area contributed by atoms with Crippen LogP contribution in [-0.2, 0) is 0 Å². The molecule has 1 aliphatic rings. The van der Waals surface area contributed by atoms with Gasteiger partial charge in [-0.15, -0.1) is 5.10 Å². The second kappa shape index (κ2) is 4.98. The number of fused-ring (bicyclic) bond motifs is 2. The molecular formula is C16H11N5O3. The molecule has 0 saturated heterocycles. The van der Waals surface area contributed by atoms with E-state index in [9.17, 15) is 0 Å². The van der Waals surface area contributed by atoms with E-state index in [-0.39, 0.29) is 6.79 Å². The highest BCUT2D eigenvalue weighted by molar-refractivity contribution is 5.72. The summed E-state index contributed by atoms with van der Waals surface area (Å²) in [7, 11) is 0. The lowest BCUT2D eigenvalue weighted by Crippen LogP contribution is -1.98. The fourth-order valence-corrected chi connectivity index (χ4v) is 2.53. The van der Waals surface area contributed by atoms with Gasteiger partial charge in [-0.3, -0.25) is 0 Å². The number of nitrogens with zero attached hydrogens (tertiary/aromatic N) is 4. The molecule has 4 aromatic rings. The maximum absolute atomic E-state index is 5.39. The zero-order valence-corrected chi connectivity index (χ0v) is 12.3. The smallest absolute Gasteiger partial charge is 0.231 e. The first-order valence-corrected chi connectivity index (χ1v) is 7.29. The van der Waals surface area contributed by atoms with Gasteiger partial charge in [0.15, 0.2) is 28.7 Å². The monoisotopic (exact) mass is 321 g/mol. The second-order valence-electron chi connectivity index (χ2n) is 5.15. The van der Waals surface area contributed by atoms with E-state index in [0.29, 0.717) is 28.8 Å². The molecule has 5 rings (SSSR count). The number of hydrogen-bond acceptors (Lipinski definition) is 7. The first-order valence-electron chi connectivity index (χ1n) is 7.29. The van der Waals surface area contributed by atoms with Crippen molar-refractivity contribution < 1.29 is 13.9 Å². The van der Waals surface area contributed by atoms with Crippen molar-refractivity contribution in [3.05, 3.63) is 49.0 Å². The Balaban J connectivity index is 1.54. The Labute approximate surface area is 135 Å². The van der Waals surface area contributed by atoms with Crippen LogP contribution in [0.4, 0.5) is 11.5 Å². The first kappa shape index (κ1) is 12.9. The van der Waals surface area contributed by atoms with Crippen LogP contribution >= 0.6 is 0 Å². The third-order valence-electron chi connectivity index (χ3n) is 3.63. The van der Waals surface area contributed by atoms with Crippen LogP contribution in [0.15, 0.2) is 53.4 Å². The lowest BCUT2D eigenvalue weighted by molar-refractivity contribution is 0.174. The molecule has 1 aromatic carbocycles. The summed E-state index contributed by atoms with van der Waals surface area (Å²) >= 11 is 0. The number of rotatable bonds is 3. The molecule has 0 saturated carbocycles. The predicted molar refractivity (Wildman–Crippen MR) is 84.3 cm³/mol. The van der Waals surface area contributed by atoms with Crippen LogP contribution in [-0.4, -0.2) is 26.4 Å². The Morgan fingerprint density at radius 1 is 1.12 bits per heavy atom. The zero-order chi connectivity index (χ0) is 15.9. The van der Waals surface area contributed by atoms with E-state index >= 15 is 0 Å². The number of ether oxygens (including phenoxy) is 2. The Morgan fingerprint density at radius 3 is 3.00 bits per heavy atom. The lowest BCUT2D eigenvalue weighted by atomic mass is 10.3. The Kier molecular flexibility index (Phi) is 2.69. The molecule has 1 N–H and O–H groups in total. The van der Waals surface area contributed by atoms with E-state index in [2.05, 4.69) is 20.4 Å². The molecule has 0 unspecified atom stereocenters. The first-order chi connectivity index (χ1) is 11.9. The molecule has 0 atom stereocenters. The number of furan rings is 1. The van der Waals surface area contributed by atoms with E-state index in [1.165, 1.54) is 0 Å².